The number of thioether (sulfide) groups is 2. The zero-order chi connectivity index (χ0) is 18.5. The molecule has 0 spiro atoms. The third-order valence-electron chi connectivity index (χ3n) is 2.64. The second kappa shape index (κ2) is 12.8. The number of hydrogen-bond donors (Lipinski definition) is 1. The van der Waals surface area contributed by atoms with Crippen LogP contribution < -0.4 is 5.32 Å². The molecule has 0 aromatic rings. The molecule has 0 rings (SSSR count). The van der Waals surface area contributed by atoms with E-state index in [1.807, 2.05) is 0 Å². The van der Waals surface area contributed by atoms with Crippen molar-refractivity contribution in [2.45, 2.75) is 32.2 Å². The normalized spacial score (nSPS) is 11.3. The van der Waals surface area contributed by atoms with Gasteiger partial charge in [0.1, 0.15) is 6.04 Å². The van der Waals surface area contributed by atoms with Gasteiger partial charge in [-0.05, 0) is 0 Å². The van der Waals surface area contributed by atoms with Gasteiger partial charge in [-0.25, -0.2) is 4.79 Å². The zero-order valence-electron chi connectivity index (χ0n) is 13.8. The van der Waals surface area contributed by atoms with E-state index in [1.165, 1.54) is 14.2 Å². The molecule has 136 valence electrons. The van der Waals surface area contributed by atoms with Crippen LogP contribution in [-0.2, 0) is 33.4 Å². The van der Waals surface area contributed by atoms with Gasteiger partial charge in [0.25, 0.3) is 0 Å². The van der Waals surface area contributed by atoms with E-state index in [0.717, 1.165) is 23.5 Å². The second-order valence-electron chi connectivity index (χ2n) is 4.40. The van der Waals surface area contributed by atoms with E-state index in [2.05, 4.69) is 14.8 Å². The number of ether oxygens (including phenoxy) is 2. The monoisotopic (exact) mass is 379 g/mol. The summed E-state index contributed by atoms with van der Waals surface area (Å²) in [6.45, 7) is 1.63. The number of hydrogen-bond acceptors (Lipinski definition) is 9. The largest absolute Gasteiger partial charge is 0.469 e. The number of rotatable bonds is 10. The summed E-state index contributed by atoms with van der Waals surface area (Å²) in [6.07, 6.45) is -0.0464. The SMILES string of the molecule is CCC(=O)NC(CSC(=O)CC(=O)SCCC(=O)OC)C(=O)OC. The first kappa shape index (κ1) is 22.4. The summed E-state index contributed by atoms with van der Waals surface area (Å²) in [7, 11) is 2.44. The molecule has 0 fully saturated rings. The van der Waals surface area contributed by atoms with E-state index in [0.29, 0.717) is 0 Å². The summed E-state index contributed by atoms with van der Waals surface area (Å²) < 4.78 is 9.00. The summed E-state index contributed by atoms with van der Waals surface area (Å²) in [6, 6.07) is -0.946. The van der Waals surface area contributed by atoms with Crippen molar-refractivity contribution in [2.24, 2.45) is 0 Å². The molecule has 1 unspecified atom stereocenters. The fourth-order valence-corrected chi connectivity index (χ4v) is 2.98. The molecule has 0 aliphatic carbocycles. The molecule has 8 nitrogen and oxygen atoms in total. The van der Waals surface area contributed by atoms with Crippen molar-refractivity contribution in [3.63, 3.8) is 0 Å². The molecule has 0 aromatic heterocycles. The lowest BCUT2D eigenvalue weighted by molar-refractivity contribution is -0.144. The molecule has 0 bridgehead atoms. The molecule has 0 saturated carbocycles. The highest BCUT2D eigenvalue weighted by Gasteiger charge is 2.23. The Morgan fingerprint density at radius 3 is 2.17 bits per heavy atom. The smallest absolute Gasteiger partial charge is 0.329 e. The zero-order valence-corrected chi connectivity index (χ0v) is 15.4. The van der Waals surface area contributed by atoms with Crippen molar-refractivity contribution in [1.82, 2.24) is 5.32 Å². The molecule has 1 atom stereocenters. The molecular formula is C14H21NO7S2. The Morgan fingerprint density at radius 1 is 1.00 bits per heavy atom. The summed E-state index contributed by atoms with van der Waals surface area (Å²) >= 11 is 1.65. The van der Waals surface area contributed by atoms with Crippen molar-refractivity contribution >= 4 is 51.6 Å². The van der Waals surface area contributed by atoms with Crippen LogP contribution in [-0.4, -0.2) is 59.8 Å². The van der Waals surface area contributed by atoms with Gasteiger partial charge in [-0.2, -0.15) is 0 Å². The van der Waals surface area contributed by atoms with E-state index in [9.17, 15) is 24.0 Å². The van der Waals surface area contributed by atoms with E-state index in [-0.39, 0.29) is 41.8 Å². The Labute approximate surface area is 148 Å². The predicted octanol–water partition coefficient (Wildman–Crippen LogP) is 0.527. The summed E-state index contributed by atoms with van der Waals surface area (Å²) in [4.78, 5) is 57.2. The first-order valence-electron chi connectivity index (χ1n) is 7.09. The Morgan fingerprint density at radius 2 is 1.62 bits per heavy atom. The van der Waals surface area contributed by atoms with Gasteiger partial charge in [0.05, 0.1) is 27.1 Å². The van der Waals surface area contributed by atoms with Crippen molar-refractivity contribution in [3.05, 3.63) is 0 Å². The van der Waals surface area contributed by atoms with E-state index >= 15 is 0 Å². The van der Waals surface area contributed by atoms with Crippen LogP contribution >= 0.6 is 23.5 Å². The van der Waals surface area contributed by atoms with Crippen LogP contribution in [0.2, 0.25) is 0 Å². The minimum absolute atomic E-state index is 0.0165. The lowest BCUT2D eigenvalue weighted by atomic mass is 10.3. The van der Waals surface area contributed by atoms with E-state index in [4.69, 9.17) is 0 Å². The topological polar surface area (TPSA) is 116 Å². The predicted molar refractivity (Wildman–Crippen MR) is 90.4 cm³/mol. The molecule has 0 heterocycles. The van der Waals surface area contributed by atoms with Crippen molar-refractivity contribution < 1.29 is 33.4 Å². The first-order chi connectivity index (χ1) is 11.3. The number of carbonyl (C=O) groups is 5. The Bertz CT molecular complexity index is 482. The van der Waals surface area contributed by atoms with Crippen molar-refractivity contribution in [2.75, 3.05) is 25.7 Å². The maximum atomic E-state index is 11.7. The molecule has 0 aliphatic heterocycles. The van der Waals surface area contributed by atoms with Crippen LogP contribution in [0.4, 0.5) is 0 Å². The summed E-state index contributed by atoms with van der Waals surface area (Å²) in [5, 5.41) is 1.65. The van der Waals surface area contributed by atoms with Crippen LogP contribution in [0.1, 0.15) is 26.2 Å². The van der Waals surface area contributed by atoms with Crippen LogP contribution in [0, 0.1) is 0 Å². The highest BCUT2D eigenvalue weighted by molar-refractivity contribution is 8.15. The van der Waals surface area contributed by atoms with E-state index in [1.54, 1.807) is 6.92 Å². The van der Waals surface area contributed by atoms with Gasteiger partial charge in [-0.15, -0.1) is 0 Å². The van der Waals surface area contributed by atoms with Gasteiger partial charge < -0.3 is 14.8 Å². The third kappa shape index (κ3) is 10.3. The molecule has 10 heteroatoms. The third-order valence-corrected chi connectivity index (χ3v) is 4.48. The van der Waals surface area contributed by atoms with Crippen LogP contribution in [0.3, 0.4) is 0 Å². The van der Waals surface area contributed by atoms with Crippen LogP contribution in [0.25, 0.3) is 0 Å². The summed E-state index contributed by atoms with van der Waals surface area (Å²) in [5.41, 5.74) is 0. The maximum Gasteiger partial charge on any atom is 0.329 e. The highest BCUT2D eigenvalue weighted by Crippen LogP contribution is 2.14. The van der Waals surface area contributed by atoms with Gasteiger partial charge in [-0.3, -0.25) is 19.2 Å². The number of carbonyl (C=O) groups excluding carboxylic acids is 5. The Hall–Kier alpha value is -1.55. The average molecular weight is 379 g/mol. The van der Waals surface area contributed by atoms with Gasteiger partial charge in [0.2, 0.25) is 5.91 Å². The van der Waals surface area contributed by atoms with Gasteiger partial charge >= 0.3 is 11.9 Å². The summed E-state index contributed by atoms with van der Waals surface area (Å²) in [5.74, 6) is -1.20. The number of amides is 1. The van der Waals surface area contributed by atoms with Crippen LogP contribution in [0.5, 0.6) is 0 Å². The van der Waals surface area contributed by atoms with Crippen molar-refractivity contribution in [1.29, 1.82) is 0 Å². The van der Waals surface area contributed by atoms with Gasteiger partial charge in [0, 0.05) is 17.9 Å². The Balaban J connectivity index is 4.23. The lowest BCUT2D eigenvalue weighted by Crippen LogP contribution is -2.43. The molecule has 0 aliphatic rings. The number of esters is 2. The van der Waals surface area contributed by atoms with Gasteiger partial charge in [-0.1, -0.05) is 30.4 Å². The van der Waals surface area contributed by atoms with Gasteiger partial charge in [0.15, 0.2) is 10.2 Å². The fourth-order valence-electron chi connectivity index (χ4n) is 1.35. The minimum atomic E-state index is -0.946. The van der Waals surface area contributed by atoms with Crippen molar-refractivity contribution in [3.8, 4) is 0 Å². The molecule has 0 saturated heterocycles. The highest BCUT2D eigenvalue weighted by atomic mass is 32.2. The average Bonchev–Trinajstić information content (AvgIpc) is 2.57. The first-order valence-corrected chi connectivity index (χ1v) is 9.06. The second-order valence-corrected chi connectivity index (χ2v) is 6.63. The standard InChI is InChI=1S/C14H21NO7S2/c1-4-10(16)15-9(14(20)22-3)8-24-13(19)7-12(18)23-6-5-11(17)21-2/h9H,4-8H2,1-3H3,(H,15,16). The fraction of sp³-hybridized carbons (Fsp3) is 0.643. The Kier molecular flexibility index (Phi) is 12.0. The van der Waals surface area contributed by atoms with Crippen LogP contribution in [0.15, 0.2) is 0 Å². The number of methoxy groups -OCH3 is 2. The number of nitrogens with one attached hydrogen (secondary N) is 1. The quantitative estimate of drug-likeness (QED) is 0.428. The lowest BCUT2D eigenvalue weighted by Gasteiger charge is -2.15. The minimum Gasteiger partial charge on any atom is -0.469 e. The van der Waals surface area contributed by atoms with E-state index < -0.39 is 23.1 Å². The molecule has 1 N–H and O–H groups in total. The molecular weight excluding hydrogens is 358 g/mol. The molecule has 1 amide bonds. The molecule has 0 radical (unpaired) electrons. The molecule has 24 heavy (non-hydrogen) atoms. The maximum absolute atomic E-state index is 11.7. The molecule has 0 aromatic carbocycles.